The van der Waals surface area contributed by atoms with Crippen molar-refractivity contribution in [3.63, 3.8) is 0 Å². The summed E-state index contributed by atoms with van der Waals surface area (Å²) in [6.45, 7) is 0. The van der Waals surface area contributed by atoms with Gasteiger partial charge in [-0.05, 0) is 47.5 Å². The number of hydrogen-bond acceptors (Lipinski definition) is 3. The van der Waals surface area contributed by atoms with E-state index in [1.54, 1.807) is 24.4 Å². The first-order valence-electron chi connectivity index (χ1n) is 9.36. The highest BCUT2D eigenvalue weighted by atomic mass is 19.4. The molecule has 0 radical (unpaired) electrons. The van der Waals surface area contributed by atoms with Crippen LogP contribution in [0.4, 0.5) is 18.9 Å². The van der Waals surface area contributed by atoms with Gasteiger partial charge in [-0.15, -0.1) is 0 Å². The highest BCUT2D eigenvalue weighted by Gasteiger charge is 2.31. The Bertz CT molecular complexity index is 1270. The number of carbonyl (C=O) groups is 1. The van der Waals surface area contributed by atoms with Gasteiger partial charge in [-0.2, -0.15) is 13.2 Å². The third-order valence-corrected chi connectivity index (χ3v) is 4.63. The summed E-state index contributed by atoms with van der Waals surface area (Å²) in [5.74, 6) is -0.422. The van der Waals surface area contributed by atoms with Crippen LogP contribution in [0.1, 0.15) is 11.1 Å². The van der Waals surface area contributed by atoms with Crippen molar-refractivity contribution in [2.45, 2.75) is 6.18 Å². The van der Waals surface area contributed by atoms with Crippen LogP contribution in [0, 0.1) is 0 Å². The van der Waals surface area contributed by atoms with E-state index in [0.29, 0.717) is 22.4 Å². The van der Waals surface area contributed by atoms with Crippen LogP contribution < -0.4 is 5.32 Å². The van der Waals surface area contributed by atoms with Crippen molar-refractivity contribution in [3.05, 3.63) is 96.5 Å². The normalized spacial score (nSPS) is 11.7. The van der Waals surface area contributed by atoms with Crippen molar-refractivity contribution < 1.29 is 18.0 Å². The number of benzene rings is 2. The molecule has 2 aromatic heterocycles. The van der Waals surface area contributed by atoms with E-state index in [2.05, 4.69) is 15.3 Å². The minimum Gasteiger partial charge on any atom is -0.321 e. The molecule has 0 saturated carbocycles. The van der Waals surface area contributed by atoms with Crippen molar-refractivity contribution in [1.29, 1.82) is 0 Å². The number of para-hydroxylation sites is 1. The van der Waals surface area contributed by atoms with E-state index in [4.69, 9.17) is 0 Å². The molecule has 0 bridgehead atoms. The molecule has 0 spiro atoms. The maximum absolute atomic E-state index is 13.2. The second-order valence-corrected chi connectivity index (χ2v) is 6.78. The summed E-state index contributed by atoms with van der Waals surface area (Å²) >= 11 is 0. The number of halogens is 3. The Morgan fingerprint density at radius 1 is 0.968 bits per heavy atom. The number of aromatic nitrogens is 2. The first kappa shape index (κ1) is 20.3. The number of fused-ring (bicyclic) bond motifs is 1. The van der Waals surface area contributed by atoms with Crippen LogP contribution in [0.5, 0.6) is 0 Å². The van der Waals surface area contributed by atoms with Crippen molar-refractivity contribution in [1.82, 2.24) is 9.97 Å². The van der Waals surface area contributed by atoms with Gasteiger partial charge in [0.05, 0.1) is 23.0 Å². The molecule has 0 aliphatic heterocycles. The van der Waals surface area contributed by atoms with Crippen LogP contribution in [-0.2, 0) is 11.0 Å². The maximum Gasteiger partial charge on any atom is 0.416 e. The minimum atomic E-state index is -4.47. The van der Waals surface area contributed by atoms with Crippen LogP contribution in [0.15, 0.2) is 85.3 Å². The first-order valence-corrected chi connectivity index (χ1v) is 9.36. The predicted molar refractivity (Wildman–Crippen MR) is 114 cm³/mol. The van der Waals surface area contributed by atoms with E-state index in [1.165, 1.54) is 30.6 Å². The number of anilines is 1. The molecule has 4 nitrogen and oxygen atoms in total. The summed E-state index contributed by atoms with van der Waals surface area (Å²) in [6, 6.07) is 16.0. The Morgan fingerprint density at radius 2 is 1.81 bits per heavy atom. The summed E-state index contributed by atoms with van der Waals surface area (Å²) in [4.78, 5) is 20.6. The molecule has 4 aromatic rings. The van der Waals surface area contributed by atoms with E-state index < -0.39 is 17.6 Å². The lowest BCUT2D eigenvalue weighted by Gasteiger charge is -2.12. The summed E-state index contributed by atoms with van der Waals surface area (Å²) in [6.07, 6.45) is 2.85. The third-order valence-electron chi connectivity index (χ3n) is 4.63. The lowest BCUT2D eigenvalue weighted by Crippen LogP contribution is -2.08. The van der Waals surface area contributed by atoms with Gasteiger partial charge in [0.1, 0.15) is 0 Å². The van der Waals surface area contributed by atoms with Gasteiger partial charge in [-0.3, -0.25) is 14.8 Å². The molecular formula is C24H16F3N3O. The van der Waals surface area contributed by atoms with E-state index in [9.17, 15) is 18.0 Å². The molecule has 31 heavy (non-hydrogen) atoms. The monoisotopic (exact) mass is 419 g/mol. The SMILES string of the molecule is O=C(/C=C/c1ccc(C(F)(F)F)cc1-c1cccnc1)Nc1cnc2ccccc2c1. The van der Waals surface area contributed by atoms with Gasteiger partial charge in [0.15, 0.2) is 0 Å². The van der Waals surface area contributed by atoms with Crippen LogP contribution in [0.2, 0.25) is 0 Å². The van der Waals surface area contributed by atoms with Crippen LogP contribution in [0.25, 0.3) is 28.1 Å². The molecule has 154 valence electrons. The zero-order chi connectivity index (χ0) is 21.8. The zero-order valence-corrected chi connectivity index (χ0v) is 16.1. The molecular weight excluding hydrogens is 403 g/mol. The van der Waals surface area contributed by atoms with Gasteiger partial charge in [-0.25, -0.2) is 0 Å². The summed E-state index contributed by atoms with van der Waals surface area (Å²) < 4.78 is 39.5. The van der Waals surface area contributed by atoms with Gasteiger partial charge in [-0.1, -0.05) is 30.3 Å². The number of nitrogens with one attached hydrogen (secondary N) is 1. The topological polar surface area (TPSA) is 54.9 Å². The number of carbonyl (C=O) groups excluding carboxylic acids is 1. The van der Waals surface area contributed by atoms with Crippen LogP contribution in [0.3, 0.4) is 0 Å². The standard InChI is InChI=1S/C24H16F3N3O/c25-24(26,27)19-9-7-16(21(13-19)18-5-3-11-28-14-18)8-10-23(31)30-20-12-17-4-1-2-6-22(17)29-15-20/h1-15H,(H,30,31)/b10-8+. The molecule has 1 amide bonds. The number of alkyl halides is 3. The molecule has 0 fully saturated rings. The number of pyridine rings is 2. The van der Waals surface area contributed by atoms with Crippen LogP contribution >= 0.6 is 0 Å². The van der Waals surface area contributed by atoms with E-state index in [0.717, 1.165) is 23.0 Å². The zero-order valence-electron chi connectivity index (χ0n) is 16.1. The number of nitrogens with zero attached hydrogens (tertiary/aromatic N) is 2. The average molecular weight is 419 g/mol. The fourth-order valence-electron chi connectivity index (χ4n) is 3.14. The van der Waals surface area contributed by atoms with Gasteiger partial charge in [0, 0.05) is 29.4 Å². The van der Waals surface area contributed by atoms with Gasteiger partial charge >= 0.3 is 6.18 Å². The second-order valence-electron chi connectivity index (χ2n) is 6.78. The molecule has 2 aromatic carbocycles. The van der Waals surface area contributed by atoms with E-state index in [-0.39, 0.29) is 0 Å². The molecule has 1 N–H and O–H groups in total. The summed E-state index contributed by atoms with van der Waals surface area (Å²) in [7, 11) is 0. The van der Waals surface area contributed by atoms with Crippen molar-refractivity contribution in [2.24, 2.45) is 0 Å². The van der Waals surface area contributed by atoms with E-state index in [1.807, 2.05) is 24.3 Å². The molecule has 0 saturated heterocycles. The Labute approximate surface area is 176 Å². The Morgan fingerprint density at radius 3 is 2.58 bits per heavy atom. The number of amides is 1. The summed E-state index contributed by atoms with van der Waals surface area (Å²) in [5.41, 5.74) is 1.88. The Kier molecular flexibility index (Phi) is 5.49. The number of hydrogen-bond donors (Lipinski definition) is 1. The Balaban J connectivity index is 1.60. The third kappa shape index (κ3) is 4.78. The summed E-state index contributed by atoms with van der Waals surface area (Å²) in [5, 5.41) is 3.60. The molecule has 7 heteroatoms. The quantitative estimate of drug-likeness (QED) is 0.415. The molecule has 0 aliphatic carbocycles. The van der Waals surface area contributed by atoms with Gasteiger partial charge in [0.2, 0.25) is 5.91 Å². The van der Waals surface area contributed by atoms with Crippen molar-refractivity contribution >= 4 is 28.6 Å². The Hall–Kier alpha value is -4.00. The highest BCUT2D eigenvalue weighted by Crippen LogP contribution is 2.34. The minimum absolute atomic E-state index is 0.333. The highest BCUT2D eigenvalue weighted by molar-refractivity contribution is 6.03. The maximum atomic E-state index is 13.2. The number of rotatable bonds is 4. The smallest absolute Gasteiger partial charge is 0.321 e. The fraction of sp³-hybridized carbons (Fsp3) is 0.0417. The van der Waals surface area contributed by atoms with Crippen molar-refractivity contribution in [2.75, 3.05) is 5.32 Å². The lowest BCUT2D eigenvalue weighted by atomic mass is 9.97. The molecule has 0 unspecified atom stereocenters. The molecule has 0 aliphatic rings. The largest absolute Gasteiger partial charge is 0.416 e. The fourth-order valence-corrected chi connectivity index (χ4v) is 3.14. The van der Waals surface area contributed by atoms with Gasteiger partial charge in [0.25, 0.3) is 0 Å². The lowest BCUT2D eigenvalue weighted by molar-refractivity contribution is -0.137. The van der Waals surface area contributed by atoms with Crippen LogP contribution in [-0.4, -0.2) is 15.9 Å². The second kappa shape index (κ2) is 8.39. The van der Waals surface area contributed by atoms with Gasteiger partial charge < -0.3 is 5.32 Å². The molecule has 2 heterocycles. The first-order chi connectivity index (χ1) is 14.9. The predicted octanol–water partition coefficient (Wildman–Crippen LogP) is 5.97. The molecule has 4 rings (SSSR count). The van der Waals surface area contributed by atoms with Crippen molar-refractivity contribution in [3.8, 4) is 11.1 Å². The van der Waals surface area contributed by atoms with E-state index >= 15 is 0 Å². The average Bonchev–Trinajstić information content (AvgIpc) is 2.77. The molecule has 0 atom stereocenters.